The average Bonchev–Trinajstić information content (AvgIpc) is 3.21. The molecular formula is C23H31IN6O. The van der Waals surface area contributed by atoms with E-state index in [2.05, 4.69) is 57.8 Å². The quantitative estimate of drug-likeness (QED) is 0.308. The van der Waals surface area contributed by atoms with Crippen LogP contribution in [0.2, 0.25) is 0 Å². The van der Waals surface area contributed by atoms with Crippen molar-refractivity contribution < 1.29 is 4.74 Å². The molecule has 1 N–H and O–H groups in total. The maximum atomic E-state index is 5.26. The predicted molar refractivity (Wildman–Crippen MR) is 137 cm³/mol. The molecule has 3 heterocycles. The van der Waals surface area contributed by atoms with Gasteiger partial charge in [-0.15, -0.1) is 24.0 Å². The first-order chi connectivity index (χ1) is 14.7. The Hall–Kier alpha value is -2.49. The minimum Gasteiger partial charge on any atom is -0.497 e. The number of guanidine groups is 1. The van der Waals surface area contributed by atoms with Crippen LogP contribution in [0.4, 0.5) is 5.69 Å². The highest BCUT2D eigenvalue weighted by molar-refractivity contribution is 14.0. The molecule has 7 nitrogen and oxygen atoms in total. The summed E-state index contributed by atoms with van der Waals surface area (Å²) >= 11 is 0. The minimum absolute atomic E-state index is 0. The first kappa shape index (κ1) is 23.2. The first-order valence-electron chi connectivity index (χ1n) is 10.5. The fourth-order valence-electron chi connectivity index (χ4n) is 3.83. The molecule has 2 aromatic heterocycles. The lowest BCUT2D eigenvalue weighted by Crippen LogP contribution is -2.52. The highest BCUT2D eigenvalue weighted by atomic mass is 127. The minimum atomic E-state index is 0. The molecule has 0 saturated carbocycles. The van der Waals surface area contributed by atoms with E-state index in [4.69, 9.17) is 14.7 Å². The third kappa shape index (κ3) is 5.41. The molecule has 166 valence electrons. The standard InChI is InChI=1S/C23H30N6O.HI/c1-4-24-23(25-16-19-17-29-18(2)6-5-7-22(29)26-19)28-14-12-27(13-15-28)20-8-10-21(30-3)11-9-20;/h5-11,17H,4,12-16H2,1-3H3,(H,24,25);1H. The van der Waals surface area contributed by atoms with Crippen molar-refractivity contribution in [2.45, 2.75) is 20.4 Å². The zero-order chi connectivity index (χ0) is 20.9. The summed E-state index contributed by atoms with van der Waals surface area (Å²) in [5.74, 6) is 1.85. The van der Waals surface area contributed by atoms with Gasteiger partial charge in [0, 0.05) is 50.3 Å². The van der Waals surface area contributed by atoms with Gasteiger partial charge < -0.3 is 24.3 Å². The van der Waals surface area contributed by atoms with E-state index in [9.17, 15) is 0 Å². The molecule has 0 unspecified atom stereocenters. The van der Waals surface area contributed by atoms with E-state index in [-0.39, 0.29) is 24.0 Å². The largest absolute Gasteiger partial charge is 0.497 e. The van der Waals surface area contributed by atoms with Crippen LogP contribution in [0.25, 0.3) is 5.65 Å². The number of halogens is 1. The number of fused-ring (bicyclic) bond motifs is 1. The van der Waals surface area contributed by atoms with E-state index in [0.29, 0.717) is 6.54 Å². The second kappa shape index (κ2) is 10.7. The van der Waals surface area contributed by atoms with E-state index in [1.54, 1.807) is 7.11 Å². The van der Waals surface area contributed by atoms with Crippen molar-refractivity contribution in [3.63, 3.8) is 0 Å². The van der Waals surface area contributed by atoms with Crippen LogP contribution < -0.4 is 15.0 Å². The van der Waals surface area contributed by atoms with Crippen molar-refractivity contribution in [3.8, 4) is 5.75 Å². The molecule has 1 aromatic carbocycles. The van der Waals surface area contributed by atoms with Crippen molar-refractivity contribution in [3.05, 3.63) is 60.0 Å². The number of pyridine rings is 1. The number of aromatic nitrogens is 2. The van der Waals surface area contributed by atoms with Gasteiger partial charge in [-0.1, -0.05) is 6.07 Å². The molecule has 1 aliphatic rings. The van der Waals surface area contributed by atoms with Gasteiger partial charge in [0.2, 0.25) is 0 Å². The number of aliphatic imine (C=N–C) groups is 1. The Morgan fingerprint density at radius 1 is 1.10 bits per heavy atom. The average molecular weight is 534 g/mol. The Morgan fingerprint density at radius 2 is 1.84 bits per heavy atom. The molecule has 0 amide bonds. The Morgan fingerprint density at radius 3 is 2.48 bits per heavy atom. The van der Waals surface area contributed by atoms with Crippen molar-refractivity contribution in [2.75, 3.05) is 44.7 Å². The molecule has 1 fully saturated rings. The molecule has 0 spiro atoms. The number of nitrogens with one attached hydrogen (secondary N) is 1. The van der Waals surface area contributed by atoms with Gasteiger partial charge in [0.25, 0.3) is 0 Å². The fraction of sp³-hybridized carbons (Fsp3) is 0.391. The molecular weight excluding hydrogens is 503 g/mol. The summed E-state index contributed by atoms with van der Waals surface area (Å²) in [4.78, 5) is 14.3. The molecule has 0 radical (unpaired) electrons. The zero-order valence-corrected chi connectivity index (χ0v) is 20.7. The lowest BCUT2D eigenvalue weighted by atomic mass is 10.2. The van der Waals surface area contributed by atoms with Crippen LogP contribution in [0, 0.1) is 6.92 Å². The van der Waals surface area contributed by atoms with Crippen LogP contribution >= 0.6 is 24.0 Å². The Kier molecular flexibility index (Phi) is 8.00. The number of piperazine rings is 1. The van der Waals surface area contributed by atoms with Crippen LogP contribution in [0.5, 0.6) is 5.75 Å². The number of methoxy groups -OCH3 is 1. The SMILES string of the molecule is CCNC(=NCc1cn2c(C)cccc2n1)N1CCN(c2ccc(OC)cc2)CC1.I. The van der Waals surface area contributed by atoms with Gasteiger partial charge in [0.05, 0.1) is 19.3 Å². The topological polar surface area (TPSA) is 57.4 Å². The summed E-state index contributed by atoms with van der Waals surface area (Å²) in [6, 6.07) is 14.4. The summed E-state index contributed by atoms with van der Waals surface area (Å²) in [5, 5.41) is 3.44. The molecule has 0 aliphatic carbocycles. The summed E-state index contributed by atoms with van der Waals surface area (Å²) in [6.07, 6.45) is 2.08. The van der Waals surface area contributed by atoms with E-state index in [0.717, 1.165) is 55.8 Å². The Balaban J connectivity index is 0.00000272. The molecule has 1 aliphatic heterocycles. The second-order valence-electron chi connectivity index (χ2n) is 7.47. The fourth-order valence-corrected chi connectivity index (χ4v) is 3.83. The number of nitrogens with zero attached hydrogens (tertiary/aromatic N) is 5. The third-order valence-electron chi connectivity index (χ3n) is 5.49. The molecule has 8 heteroatoms. The predicted octanol–water partition coefficient (Wildman–Crippen LogP) is 3.56. The van der Waals surface area contributed by atoms with Gasteiger partial charge in [-0.2, -0.15) is 0 Å². The van der Waals surface area contributed by atoms with E-state index in [1.165, 1.54) is 11.4 Å². The monoisotopic (exact) mass is 534 g/mol. The van der Waals surface area contributed by atoms with Gasteiger partial charge in [-0.25, -0.2) is 9.98 Å². The van der Waals surface area contributed by atoms with Crippen molar-refractivity contribution >= 4 is 41.3 Å². The van der Waals surface area contributed by atoms with Gasteiger partial charge in [-0.3, -0.25) is 0 Å². The summed E-state index contributed by atoms with van der Waals surface area (Å²) in [6.45, 7) is 9.41. The number of hydrogen-bond donors (Lipinski definition) is 1. The van der Waals surface area contributed by atoms with E-state index < -0.39 is 0 Å². The third-order valence-corrected chi connectivity index (χ3v) is 5.49. The van der Waals surface area contributed by atoms with Crippen LogP contribution in [0.15, 0.2) is 53.7 Å². The van der Waals surface area contributed by atoms with Gasteiger partial charge in [0.15, 0.2) is 5.96 Å². The molecule has 0 atom stereocenters. The molecule has 3 aromatic rings. The van der Waals surface area contributed by atoms with Crippen LogP contribution in [-0.4, -0.2) is 60.1 Å². The first-order valence-corrected chi connectivity index (χ1v) is 10.5. The molecule has 4 rings (SSSR count). The van der Waals surface area contributed by atoms with Crippen LogP contribution in [0.1, 0.15) is 18.3 Å². The number of imidazole rings is 1. The van der Waals surface area contributed by atoms with Crippen molar-refractivity contribution in [1.29, 1.82) is 0 Å². The lowest BCUT2D eigenvalue weighted by Gasteiger charge is -2.37. The maximum absolute atomic E-state index is 5.26. The van der Waals surface area contributed by atoms with Crippen LogP contribution in [0.3, 0.4) is 0 Å². The maximum Gasteiger partial charge on any atom is 0.194 e. The molecule has 1 saturated heterocycles. The summed E-state index contributed by atoms with van der Waals surface area (Å²) < 4.78 is 7.38. The highest BCUT2D eigenvalue weighted by Gasteiger charge is 2.20. The number of anilines is 1. The lowest BCUT2D eigenvalue weighted by molar-refractivity contribution is 0.372. The number of benzene rings is 1. The number of ether oxygens (including phenoxy) is 1. The van der Waals surface area contributed by atoms with Crippen LogP contribution in [-0.2, 0) is 6.54 Å². The van der Waals surface area contributed by atoms with Crippen molar-refractivity contribution in [2.24, 2.45) is 4.99 Å². The number of rotatable bonds is 5. The summed E-state index contributed by atoms with van der Waals surface area (Å²) in [7, 11) is 1.70. The Bertz CT molecular complexity index is 1010. The summed E-state index contributed by atoms with van der Waals surface area (Å²) in [5.41, 5.74) is 4.36. The second-order valence-corrected chi connectivity index (χ2v) is 7.47. The van der Waals surface area contributed by atoms with E-state index in [1.807, 2.05) is 24.3 Å². The van der Waals surface area contributed by atoms with Crippen molar-refractivity contribution in [1.82, 2.24) is 19.6 Å². The normalized spacial score (nSPS) is 14.5. The van der Waals surface area contributed by atoms with Gasteiger partial charge in [0.1, 0.15) is 11.4 Å². The Labute approximate surface area is 201 Å². The number of hydrogen-bond acceptors (Lipinski definition) is 4. The highest BCUT2D eigenvalue weighted by Crippen LogP contribution is 2.20. The molecule has 31 heavy (non-hydrogen) atoms. The van der Waals surface area contributed by atoms with Gasteiger partial charge in [-0.05, 0) is 50.2 Å². The zero-order valence-electron chi connectivity index (χ0n) is 18.4. The van der Waals surface area contributed by atoms with Gasteiger partial charge >= 0.3 is 0 Å². The molecule has 0 bridgehead atoms. The smallest absolute Gasteiger partial charge is 0.194 e. The number of aryl methyl sites for hydroxylation is 1. The van der Waals surface area contributed by atoms with E-state index >= 15 is 0 Å².